The van der Waals surface area contributed by atoms with Crippen molar-refractivity contribution in [3.63, 3.8) is 0 Å². The predicted molar refractivity (Wildman–Crippen MR) is 114 cm³/mol. The Morgan fingerprint density at radius 1 is 0.893 bits per heavy atom. The molecule has 3 heteroatoms. The van der Waals surface area contributed by atoms with E-state index in [0.29, 0.717) is 23.7 Å². The zero-order valence-electron chi connectivity index (χ0n) is 18.3. The molecule has 2 atom stereocenters. The van der Waals surface area contributed by atoms with Crippen LogP contribution >= 0.6 is 0 Å². The van der Waals surface area contributed by atoms with Crippen LogP contribution in [0.1, 0.15) is 88.6 Å². The molecule has 0 fully saturated rings. The molecule has 1 heterocycles. The number of fused-ring (bicyclic) bond motifs is 1. The van der Waals surface area contributed by atoms with Gasteiger partial charge in [-0.25, -0.2) is 0 Å². The van der Waals surface area contributed by atoms with Gasteiger partial charge in [0.2, 0.25) is 0 Å². The van der Waals surface area contributed by atoms with Crippen LogP contribution in [0.15, 0.2) is 24.3 Å². The largest absolute Gasteiger partial charge is 0.269 e. The first-order chi connectivity index (χ1) is 13.2. The first-order valence-corrected chi connectivity index (χ1v) is 10.9. The lowest BCUT2D eigenvalue weighted by atomic mass is 9.86. The van der Waals surface area contributed by atoms with Crippen molar-refractivity contribution in [2.45, 2.75) is 79.2 Å². The van der Waals surface area contributed by atoms with Crippen LogP contribution in [0.2, 0.25) is 0 Å². The summed E-state index contributed by atoms with van der Waals surface area (Å²) in [7, 11) is 0. The van der Waals surface area contributed by atoms with Gasteiger partial charge in [-0.15, -0.1) is 0 Å². The summed E-state index contributed by atoms with van der Waals surface area (Å²) in [5, 5.41) is 0. The van der Waals surface area contributed by atoms with Crippen LogP contribution < -0.4 is 0 Å². The number of imide groups is 1. The predicted octanol–water partition coefficient (Wildman–Crippen LogP) is 5.58. The van der Waals surface area contributed by atoms with E-state index in [2.05, 4.69) is 53.7 Å². The minimum absolute atomic E-state index is 0.115. The number of rotatable bonds is 7. The van der Waals surface area contributed by atoms with Gasteiger partial charge in [0, 0.05) is 12.2 Å². The van der Waals surface area contributed by atoms with Crippen molar-refractivity contribution in [1.29, 1.82) is 0 Å². The first kappa shape index (κ1) is 20.8. The summed E-state index contributed by atoms with van der Waals surface area (Å²) >= 11 is 0. The van der Waals surface area contributed by atoms with Gasteiger partial charge in [0.05, 0.1) is 6.04 Å². The van der Waals surface area contributed by atoms with Crippen LogP contribution in [-0.4, -0.2) is 16.7 Å². The van der Waals surface area contributed by atoms with Crippen LogP contribution in [0.5, 0.6) is 0 Å². The summed E-state index contributed by atoms with van der Waals surface area (Å²) in [5.74, 6) is 1.82. The van der Waals surface area contributed by atoms with E-state index in [1.807, 2.05) is 0 Å². The third kappa shape index (κ3) is 4.24. The molecule has 0 saturated heterocycles. The van der Waals surface area contributed by atoms with Crippen LogP contribution in [-0.2, 0) is 22.4 Å². The zero-order chi connectivity index (χ0) is 20.6. The van der Waals surface area contributed by atoms with Crippen molar-refractivity contribution in [3.8, 4) is 0 Å². The summed E-state index contributed by atoms with van der Waals surface area (Å²) in [6.07, 6.45) is 6.87. The molecule has 0 spiro atoms. The average Bonchev–Trinajstić information content (AvgIpc) is 3.06. The quantitative estimate of drug-likeness (QED) is 0.578. The molecule has 1 aromatic carbocycles. The molecular weight excluding hydrogens is 346 g/mol. The summed E-state index contributed by atoms with van der Waals surface area (Å²) in [6.45, 7) is 13.5. The van der Waals surface area contributed by atoms with Crippen LogP contribution in [0, 0.1) is 17.8 Å². The van der Waals surface area contributed by atoms with Gasteiger partial charge in [-0.1, -0.05) is 53.7 Å². The highest BCUT2D eigenvalue weighted by Gasteiger charge is 2.41. The van der Waals surface area contributed by atoms with Gasteiger partial charge < -0.3 is 0 Å². The van der Waals surface area contributed by atoms with Crippen LogP contribution in [0.3, 0.4) is 0 Å². The van der Waals surface area contributed by atoms with Gasteiger partial charge in [0.1, 0.15) is 0 Å². The van der Waals surface area contributed by atoms with E-state index < -0.39 is 0 Å². The molecule has 3 nitrogen and oxygen atoms in total. The van der Waals surface area contributed by atoms with Gasteiger partial charge in [0.15, 0.2) is 0 Å². The number of nitrogens with zero attached hydrogens (tertiary/aromatic N) is 1. The maximum atomic E-state index is 12.5. The third-order valence-corrected chi connectivity index (χ3v) is 5.82. The molecule has 28 heavy (non-hydrogen) atoms. The molecule has 0 N–H and O–H groups in total. The second kappa shape index (κ2) is 8.23. The summed E-state index contributed by atoms with van der Waals surface area (Å²) in [5.41, 5.74) is 5.39. The molecule has 152 valence electrons. The molecular formula is C25H35NO2. The number of carbonyl (C=O) groups is 2. The normalized spacial score (nSPS) is 21.7. The minimum Gasteiger partial charge on any atom is -0.269 e. The Bertz CT molecular complexity index is 770. The van der Waals surface area contributed by atoms with Crippen LogP contribution in [0.4, 0.5) is 0 Å². The monoisotopic (exact) mass is 381 g/mol. The average molecular weight is 382 g/mol. The molecule has 0 radical (unpaired) electrons. The third-order valence-electron chi connectivity index (χ3n) is 5.82. The van der Waals surface area contributed by atoms with E-state index in [9.17, 15) is 9.59 Å². The fraction of sp³-hybridized carbons (Fsp3) is 0.600. The Kier molecular flexibility index (Phi) is 6.12. The lowest BCUT2D eigenvalue weighted by Crippen LogP contribution is -2.33. The second-order valence-electron chi connectivity index (χ2n) is 9.91. The van der Waals surface area contributed by atoms with Crippen molar-refractivity contribution in [2.24, 2.45) is 17.8 Å². The Morgan fingerprint density at radius 3 is 2.04 bits per heavy atom. The Balaban J connectivity index is 2.11. The van der Waals surface area contributed by atoms with E-state index in [0.717, 1.165) is 25.7 Å². The number of benzene rings is 1. The summed E-state index contributed by atoms with van der Waals surface area (Å²) < 4.78 is 0. The molecule has 0 unspecified atom stereocenters. The Hall–Kier alpha value is -1.90. The smallest absolute Gasteiger partial charge is 0.254 e. The van der Waals surface area contributed by atoms with Gasteiger partial charge in [-0.05, 0) is 71.6 Å². The maximum absolute atomic E-state index is 12.5. The van der Waals surface area contributed by atoms with Gasteiger partial charge >= 0.3 is 0 Å². The van der Waals surface area contributed by atoms with E-state index in [1.165, 1.54) is 39.3 Å². The molecule has 1 aliphatic heterocycles. The highest BCUT2D eigenvalue weighted by Crippen LogP contribution is 2.49. The van der Waals surface area contributed by atoms with Crippen molar-refractivity contribution in [1.82, 2.24) is 4.90 Å². The Labute approximate surface area is 170 Å². The SMILES string of the molecule is CC(C)Cc1cc(CC(C)C)c2c(c1)[C@@H](CC(C)C)C[C@@H]2N1C(=O)C=CC1=O. The van der Waals surface area contributed by atoms with Crippen molar-refractivity contribution in [3.05, 3.63) is 46.5 Å². The maximum Gasteiger partial charge on any atom is 0.254 e. The highest BCUT2D eigenvalue weighted by molar-refractivity contribution is 6.13. The van der Waals surface area contributed by atoms with Crippen molar-refractivity contribution < 1.29 is 9.59 Å². The molecule has 1 aromatic rings. The molecule has 2 amide bonds. The molecule has 0 bridgehead atoms. The highest BCUT2D eigenvalue weighted by atomic mass is 16.2. The molecule has 0 saturated carbocycles. The van der Waals surface area contributed by atoms with E-state index >= 15 is 0 Å². The van der Waals surface area contributed by atoms with E-state index in [1.54, 1.807) is 0 Å². The summed E-state index contributed by atoms with van der Waals surface area (Å²) in [4.78, 5) is 26.5. The molecule has 1 aliphatic carbocycles. The fourth-order valence-corrected chi connectivity index (χ4v) is 5.01. The van der Waals surface area contributed by atoms with Crippen molar-refractivity contribution in [2.75, 3.05) is 0 Å². The number of hydrogen-bond donors (Lipinski definition) is 0. The fourth-order valence-electron chi connectivity index (χ4n) is 5.01. The number of carbonyl (C=O) groups excluding carboxylic acids is 2. The van der Waals surface area contributed by atoms with E-state index in [4.69, 9.17) is 0 Å². The number of amides is 2. The lowest BCUT2D eigenvalue weighted by molar-refractivity contribution is -0.139. The first-order valence-electron chi connectivity index (χ1n) is 10.9. The minimum atomic E-state index is -0.159. The second-order valence-corrected chi connectivity index (χ2v) is 9.91. The molecule has 2 aliphatic rings. The van der Waals surface area contributed by atoms with Gasteiger partial charge in [-0.2, -0.15) is 0 Å². The number of hydrogen-bond acceptors (Lipinski definition) is 2. The van der Waals surface area contributed by atoms with E-state index in [-0.39, 0.29) is 17.9 Å². The zero-order valence-corrected chi connectivity index (χ0v) is 18.3. The van der Waals surface area contributed by atoms with Gasteiger partial charge in [-0.3, -0.25) is 14.5 Å². The lowest BCUT2D eigenvalue weighted by Gasteiger charge is -2.26. The molecule has 0 aromatic heterocycles. The van der Waals surface area contributed by atoms with Gasteiger partial charge in [0.25, 0.3) is 11.8 Å². The molecule has 3 rings (SSSR count). The topological polar surface area (TPSA) is 37.4 Å². The summed E-state index contributed by atoms with van der Waals surface area (Å²) in [6, 6.07) is 4.61. The standard InChI is InChI=1S/C25H35NO2/c1-15(2)9-18-12-20(11-17(5)6)25-21(13-18)19(10-16(3)4)14-22(25)26-23(27)7-8-24(26)28/h7-8,12-13,15-17,19,22H,9-11,14H2,1-6H3/t19-,22-/m0/s1. The Morgan fingerprint density at radius 2 is 1.50 bits per heavy atom. The van der Waals surface area contributed by atoms with Crippen LogP contribution in [0.25, 0.3) is 0 Å². The van der Waals surface area contributed by atoms with Crippen molar-refractivity contribution >= 4 is 11.8 Å².